The molecule has 158 valence electrons. The van der Waals surface area contributed by atoms with Gasteiger partial charge in [0.25, 0.3) is 0 Å². The van der Waals surface area contributed by atoms with Crippen LogP contribution in [0.15, 0.2) is 42.6 Å². The van der Waals surface area contributed by atoms with Gasteiger partial charge in [0.1, 0.15) is 5.82 Å². The number of aromatic nitrogens is 3. The Labute approximate surface area is 181 Å². The highest BCUT2D eigenvalue weighted by Gasteiger charge is 2.17. The summed E-state index contributed by atoms with van der Waals surface area (Å²) in [7, 11) is 0. The van der Waals surface area contributed by atoms with E-state index < -0.39 is 5.97 Å². The van der Waals surface area contributed by atoms with Gasteiger partial charge in [0.2, 0.25) is 0 Å². The molecule has 0 atom stereocenters. The molecule has 0 aliphatic rings. The molecule has 30 heavy (non-hydrogen) atoms. The first-order valence-corrected chi connectivity index (χ1v) is 10.5. The topological polar surface area (TPSA) is 77.2 Å². The van der Waals surface area contributed by atoms with Gasteiger partial charge in [-0.05, 0) is 30.5 Å². The average molecular weight is 428 g/mol. The number of nitrogens with zero attached hydrogens (tertiary/aromatic N) is 3. The first-order valence-electron chi connectivity index (χ1n) is 10.1. The zero-order chi connectivity index (χ0) is 21.5. The Morgan fingerprint density at radius 2 is 1.97 bits per heavy atom. The molecular formula is C23H26ClN3O3. The number of ether oxygens (including phenoxy) is 1. The van der Waals surface area contributed by atoms with Gasteiger partial charge in [-0.25, -0.2) is 14.8 Å². The molecular weight excluding hydrogens is 402 g/mol. The van der Waals surface area contributed by atoms with E-state index >= 15 is 0 Å². The van der Waals surface area contributed by atoms with Crippen molar-refractivity contribution in [2.24, 2.45) is 0 Å². The van der Waals surface area contributed by atoms with Crippen LogP contribution in [0.3, 0.4) is 0 Å². The number of benzene rings is 1. The number of aryl methyl sites for hydroxylation is 1. The number of carbonyl (C=O) groups excluding carboxylic acids is 1. The zero-order valence-corrected chi connectivity index (χ0v) is 18.0. The maximum absolute atomic E-state index is 12.2. The second-order valence-corrected chi connectivity index (χ2v) is 7.29. The molecule has 0 radical (unpaired) electrons. The van der Waals surface area contributed by atoms with Crippen LogP contribution in [0.4, 0.5) is 0 Å². The van der Waals surface area contributed by atoms with Crippen molar-refractivity contribution in [1.29, 1.82) is 0 Å². The summed E-state index contributed by atoms with van der Waals surface area (Å²) in [5.41, 5.74) is 3.59. The lowest BCUT2D eigenvalue weighted by atomic mass is 10.0. The number of carbonyl (C=O) groups is 1. The lowest BCUT2D eigenvalue weighted by Crippen LogP contribution is -2.10. The summed E-state index contributed by atoms with van der Waals surface area (Å²) in [5.74, 6) is 0.449. The van der Waals surface area contributed by atoms with Crippen LogP contribution in [0.25, 0.3) is 11.1 Å². The molecule has 0 unspecified atom stereocenters. The van der Waals surface area contributed by atoms with E-state index in [1.54, 1.807) is 19.2 Å². The predicted molar refractivity (Wildman–Crippen MR) is 117 cm³/mol. The van der Waals surface area contributed by atoms with E-state index in [1.165, 1.54) is 0 Å². The molecule has 1 aromatic carbocycles. The van der Waals surface area contributed by atoms with E-state index in [-0.39, 0.29) is 6.61 Å². The molecule has 0 spiro atoms. The van der Waals surface area contributed by atoms with Gasteiger partial charge < -0.3 is 14.4 Å². The van der Waals surface area contributed by atoms with Crippen LogP contribution in [0, 0.1) is 0 Å². The van der Waals surface area contributed by atoms with Crippen molar-refractivity contribution in [3.63, 3.8) is 0 Å². The summed E-state index contributed by atoms with van der Waals surface area (Å²) in [5, 5.41) is 10.1. The molecule has 0 saturated carbocycles. The van der Waals surface area contributed by atoms with Crippen molar-refractivity contribution < 1.29 is 14.6 Å². The molecule has 0 aliphatic heterocycles. The SMILES string of the molecule is CCCCc1nc(Cl)c(CO)n1Cc1ccc(-c2cccnc2C(=O)OCC)cc1. The van der Waals surface area contributed by atoms with Gasteiger partial charge in [0, 0.05) is 24.7 Å². The number of esters is 1. The number of hydrogen-bond acceptors (Lipinski definition) is 5. The zero-order valence-electron chi connectivity index (χ0n) is 17.3. The van der Waals surface area contributed by atoms with Crippen molar-refractivity contribution in [1.82, 2.24) is 14.5 Å². The number of halogens is 1. The highest BCUT2D eigenvalue weighted by atomic mass is 35.5. The van der Waals surface area contributed by atoms with E-state index in [0.717, 1.165) is 41.8 Å². The van der Waals surface area contributed by atoms with Gasteiger partial charge in [0.05, 0.1) is 18.9 Å². The summed E-state index contributed by atoms with van der Waals surface area (Å²) in [4.78, 5) is 20.8. The Morgan fingerprint density at radius 3 is 2.63 bits per heavy atom. The maximum atomic E-state index is 12.2. The first kappa shape index (κ1) is 22.0. The van der Waals surface area contributed by atoms with E-state index in [2.05, 4.69) is 16.9 Å². The van der Waals surface area contributed by atoms with Gasteiger partial charge in [-0.1, -0.05) is 55.3 Å². The van der Waals surface area contributed by atoms with Crippen LogP contribution in [0.2, 0.25) is 5.15 Å². The van der Waals surface area contributed by atoms with Gasteiger partial charge >= 0.3 is 5.97 Å². The third kappa shape index (κ3) is 4.89. The van der Waals surface area contributed by atoms with E-state index in [1.807, 2.05) is 34.9 Å². The summed E-state index contributed by atoms with van der Waals surface area (Å²) >= 11 is 6.23. The van der Waals surface area contributed by atoms with E-state index in [0.29, 0.717) is 29.7 Å². The first-order chi connectivity index (χ1) is 14.6. The predicted octanol–water partition coefficient (Wildman–Crippen LogP) is 4.66. The second kappa shape index (κ2) is 10.4. The van der Waals surface area contributed by atoms with Crippen LogP contribution >= 0.6 is 11.6 Å². The van der Waals surface area contributed by atoms with Gasteiger partial charge in [0.15, 0.2) is 10.8 Å². The maximum Gasteiger partial charge on any atom is 0.357 e. The van der Waals surface area contributed by atoms with Crippen LogP contribution < -0.4 is 0 Å². The molecule has 7 heteroatoms. The molecule has 3 rings (SSSR count). The molecule has 0 fully saturated rings. The minimum Gasteiger partial charge on any atom is -0.461 e. The average Bonchev–Trinajstić information content (AvgIpc) is 3.06. The lowest BCUT2D eigenvalue weighted by Gasteiger charge is -2.12. The fraction of sp³-hybridized carbons (Fsp3) is 0.348. The number of pyridine rings is 1. The van der Waals surface area contributed by atoms with Crippen LogP contribution in [-0.2, 0) is 24.3 Å². The highest BCUT2D eigenvalue weighted by Crippen LogP contribution is 2.25. The van der Waals surface area contributed by atoms with Crippen LogP contribution in [0.5, 0.6) is 0 Å². The Kier molecular flexibility index (Phi) is 7.60. The largest absolute Gasteiger partial charge is 0.461 e. The second-order valence-electron chi connectivity index (χ2n) is 6.93. The summed E-state index contributed by atoms with van der Waals surface area (Å²) < 4.78 is 7.11. The molecule has 0 bridgehead atoms. The van der Waals surface area contributed by atoms with E-state index in [4.69, 9.17) is 16.3 Å². The van der Waals surface area contributed by atoms with Crippen LogP contribution in [0.1, 0.15) is 54.3 Å². The summed E-state index contributed by atoms with van der Waals surface area (Å²) in [6.07, 6.45) is 4.46. The Hall–Kier alpha value is -2.70. The van der Waals surface area contributed by atoms with Crippen molar-refractivity contribution in [2.45, 2.75) is 46.3 Å². The van der Waals surface area contributed by atoms with Gasteiger partial charge in [-0.3, -0.25) is 0 Å². The molecule has 3 aromatic rings. The lowest BCUT2D eigenvalue weighted by molar-refractivity contribution is 0.0520. The number of unbranched alkanes of at least 4 members (excludes halogenated alkanes) is 1. The molecule has 2 heterocycles. The monoisotopic (exact) mass is 427 g/mol. The molecule has 0 saturated heterocycles. The normalized spacial score (nSPS) is 10.9. The number of imidazole rings is 1. The van der Waals surface area contributed by atoms with E-state index in [9.17, 15) is 9.90 Å². The molecule has 6 nitrogen and oxygen atoms in total. The Morgan fingerprint density at radius 1 is 1.20 bits per heavy atom. The van der Waals surface area contributed by atoms with Crippen molar-refractivity contribution in [3.05, 3.63) is 70.5 Å². The quantitative estimate of drug-likeness (QED) is 0.502. The Bertz CT molecular complexity index is 999. The summed E-state index contributed by atoms with van der Waals surface area (Å²) in [6.45, 7) is 4.60. The third-order valence-electron chi connectivity index (χ3n) is 4.89. The Balaban J connectivity index is 1.87. The van der Waals surface area contributed by atoms with Crippen molar-refractivity contribution in [3.8, 4) is 11.1 Å². The molecule has 0 amide bonds. The summed E-state index contributed by atoms with van der Waals surface area (Å²) in [6, 6.07) is 11.6. The van der Waals surface area contributed by atoms with Crippen molar-refractivity contribution >= 4 is 17.6 Å². The van der Waals surface area contributed by atoms with Gasteiger partial charge in [-0.15, -0.1) is 0 Å². The number of aliphatic hydroxyl groups is 1. The number of aliphatic hydroxyl groups excluding tert-OH is 1. The van der Waals surface area contributed by atoms with Crippen molar-refractivity contribution in [2.75, 3.05) is 6.61 Å². The number of rotatable bonds is 9. The van der Waals surface area contributed by atoms with Gasteiger partial charge in [-0.2, -0.15) is 0 Å². The third-order valence-corrected chi connectivity index (χ3v) is 5.19. The van der Waals surface area contributed by atoms with Crippen LogP contribution in [-0.4, -0.2) is 32.2 Å². The minimum absolute atomic E-state index is 0.158. The minimum atomic E-state index is -0.432. The fourth-order valence-corrected chi connectivity index (χ4v) is 3.60. The number of hydrogen-bond donors (Lipinski definition) is 1. The molecule has 0 aliphatic carbocycles. The molecule has 2 aromatic heterocycles. The highest BCUT2D eigenvalue weighted by molar-refractivity contribution is 6.30. The fourth-order valence-electron chi connectivity index (χ4n) is 3.34. The molecule has 1 N–H and O–H groups in total. The smallest absolute Gasteiger partial charge is 0.357 e. The standard InChI is InChI=1S/C23H26ClN3O3/c1-3-5-8-20-26-22(24)19(15-28)27(20)14-16-9-11-17(12-10-16)18-7-6-13-25-21(18)23(29)30-4-2/h6-7,9-13,28H,3-5,8,14-15H2,1-2H3.